The van der Waals surface area contributed by atoms with Crippen LogP contribution >= 0.6 is 12.4 Å². The number of rotatable bonds is 8. The molecule has 2 rings (SSSR count). The van der Waals surface area contributed by atoms with E-state index in [1.165, 1.54) is 25.9 Å². The molecule has 5 heteroatoms. The van der Waals surface area contributed by atoms with Gasteiger partial charge in [-0.3, -0.25) is 0 Å². The predicted molar refractivity (Wildman–Crippen MR) is 94.6 cm³/mol. The van der Waals surface area contributed by atoms with Crippen molar-refractivity contribution >= 4 is 18.4 Å². The van der Waals surface area contributed by atoms with Crippen molar-refractivity contribution in [2.24, 2.45) is 5.92 Å². The molecule has 0 amide bonds. The molecule has 0 aliphatic carbocycles. The fourth-order valence-corrected chi connectivity index (χ4v) is 2.67. The number of esters is 1. The molecule has 0 radical (unpaired) electrons. The second-order valence-electron chi connectivity index (χ2n) is 6.08. The molecule has 23 heavy (non-hydrogen) atoms. The summed E-state index contributed by atoms with van der Waals surface area (Å²) in [5, 5.41) is 0. The van der Waals surface area contributed by atoms with Crippen molar-refractivity contribution in [2.75, 3.05) is 32.8 Å². The van der Waals surface area contributed by atoms with E-state index in [4.69, 9.17) is 9.47 Å². The maximum Gasteiger partial charge on any atom is 0.338 e. The van der Waals surface area contributed by atoms with Crippen LogP contribution in [0.15, 0.2) is 24.3 Å². The van der Waals surface area contributed by atoms with E-state index in [0.717, 1.165) is 18.7 Å². The Balaban J connectivity index is 0.00000264. The van der Waals surface area contributed by atoms with Crippen molar-refractivity contribution in [3.63, 3.8) is 0 Å². The monoisotopic (exact) mass is 341 g/mol. The lowest BCUT2D eigenvalue weighted by molar-refractivity contribution is 0.0427. The summed E-state index contributed by atoms with van der Waals surface area (Å²) in [7, 11) is 0. The predicted octanol–water partition coefficient (Wildman–Crippen LogP) is 3.79. The highest BCUT2D eigenvalue weighted by Crippen LogP contribution is 2.14. The quantitative estimate of drug-likeness (QED) is 0.674. The fraction of sp³-hybridized carbons (Fsp3) is 0.611. The third kappa shape index (κ3) is 6.80. The standard InChI is InChI=1S/C18H27NO3.ClH/c1-3-12-21-17-8-6-16(7-9-17)18(20)22-14-15(2)13-19-10-4-5-11-19;/h6-9,15H,3-5,10-14H2,1-2H3;1H. The van der Waals surface area contributed by atoms with E-state index >= 15 is 0 Å². The second-order valence-corrected chi connectivity index (χ2v) is 6.08. The first-order chi connectivity index (χ1) is 10.7. The lowest BCUT2D eigenvalue weighted by Gasteiger charge is -2.19. The average molecular weight is 342 g/mol. The summed E-state index contributed by atoms with van der Waals surface area (Å²) in [6.45, 7) is 8.73. The zero-order chi connectivity index (χ0) is 15.8. The summed E-state index contributed by atoms with van der Waals surface area (Å²) in [6, 6.07) is 7.16. The molecule has 0 saturated carbocycles. The minimum absolute atomic E-state index is 0. The minimum Gasteiger partial charge on any atom is -0.494 e. The highest BCUT2D eigenvalue weighted by Gasteiger charge is 2.16. The zero-order valence-corrected chi connectivity index (χ0v) is 14.9. The van der Waals surface area contributed by atoms with Gasteiger partial charge >= 0.3 is 5.97 Å². The van der Waals surface area contributed by atoms with Crippen molar-refractivity contribution in [1.82, 2.24) is 4.90 Å². The van der Waals surface area contributed by atoms with E-state index in [9.17, 15) is 4.79 Å². The van der Waals surface area contributed by atoms with Crippen LogP contribution in [-0.2, 0) is 4.74 Å². The Kier molecular flexibility index (Phi) is 9.03. The average Bonchev–Trinajstić information content (AvgIpc) is 3.04. The molecule has 0 aromatic heterocycles. The van der Waals surface area contributed by atoms with Crippen LogP contribution in [0, 0.1) is 5.92 Å². The molecule has 0 bridgehead atoms. The largest absolute Gasteiger partial charge is 0.494 e. The molecule has 1 aromatic rings. The molecule has 1 atom stereocenters. The van der Waals surface area contributed by atoms with Crippen LogP contribution in [0.1, 0.15) is 43.5 Å². The maximum absolute atomic E-state index is 12.0. The molecule has 0 N–H and O–H groups in total. The number of carbonyl (C=O) groups excluding carboxylic acids is 1. The van der Waals surface area contributed by atoms with Crippen LogP contribution in [0.25, 0.3) is 0 Å². The number of benzene rings is 1. The lowest BCUT2D eigenvalue weighted by atomic mass is 10.2. The van der Waals surface area contributed by atoms with E-state index in [2.05, 4.69) is 18.7 Å². The Hall–Kier alpha value is -1.26. The van der Waals surface area contributed by atoms with Crippen LogP contribution in [0.2, 0.25) is 0 Å². The Morgan fingerprint density at radius 3 is 2.48 bits per heavy atom. The van der Waals surface area contributed by atoms with Crippen LogP contribution in [0.3, 0.4) is 0 Å². The molecule has 4 nitrogen and oxygen atoms in total. The first-order valence-corrected chi connectivity index (χ1v) is 8.31. The van der Waals surface area contributed by atoms with E-state index < -0.39 is 0 Å². The summed E-state index contributed by atoms with van der Waals surface area (Å²) in [6.07, 6.45) is 3.55. The number of likely N-dealkylation sites (tertiary alicyclic amines) is 1. The summed E-state index contributed by atoms with van der Waals surface area (Å²) in [5.74, 6) is 0.908. The number of carbonyl (C=O) groups is 1. The van der Waals surface area contributed by atoms with Gasteiger partial charge in [-0.1, -0.05) is 13.8 Å². The van der Waals surface area contributed by atoms with Crippen LogP contribution in [0.4, 0.5) is 0 Å². The molecule has 0 spiro atoms. The Morgan fingerprint density at radius 1 is 1.22 bits per heavy atom. The highest BCUT2D eigenvalue weighted by atomic mass is 35.5. The number of ether oxygens (including phenoxy) is 2. The topological polar surface area (TPSA) is 38.8 Å². The highest BCUT2D eigenvalue weighted by molar-refractivity contribution is 5.89. The summed E-state index contributed by atoms with van der Waals surface area (Å²) >= 11 is 0. The van der Waals surface area contributed by atoms with Gasteiger partial charge in [0.05, 0.1) is 18.8 Å². The van der Waals surface area contributed by atoms with Gasteiger partial charge in [0.1, 0.15) is 5.75 Å². The van der Waals surface area contributed by atoms with Crippen LogP contribution < -0.4 is 4.74 Å². The number of hydrogen-bond acceptors (Lipinski definition) is 4. The SMILES string of the molecule is CCCOc1ccc(C(=O)OCC(C)CN2CCCC2)cc1.Cl. The van der Waals surface area contributed by atoms with Crippen LogP contribution in [0.5, 0.6) is 5.75 Å². The summed E-state index contributed by atoms with van der Waals surface area (Å²) in [5.41, 5.74) is 0.581. The van der Waals surface area contributed by atoms with E-state index in [1.807, 2.05) is 12.1 Å². The van der Waals surface area contributed by atoms with Gasteiger partial charge < -0.3 is 14.4 Å². The normalized spacial score (nSPS) is 15.7. The summed E-state index contributed by atoms with van der Waals surface area (Å²) < 4.78 is 10.9. The fourth-order valence-electron chi connectivity index (χ4n) is 2.67. The Labute approximate surface area is 145 Å². The molecule has 1 aliphatic heterocycles. The third-order valence-electron chi connectivity index (χ3n) is 3.83. The number of nitrogens with zero attached hydrogens (tertiary/aromatic N) is 1. The van der Waals surface area contributed by atoms with E-state index in [0.29, 0.717) is 24.7 Å². The second kappa shape index (κ2) is 10.5. The van der Waals surface area contributed by atoms with Crippen LogP contribution in [-0.4, -0.2) is 43.7 Å². The zero-order valence-electron chi connectivity index (χ0n) is 14.1. The molecule has 1 fully saturated rings. The molecule has 1 heterocycles. The van der Waals surface area contributed by atoms with Crippen molar-refractivity contribution in [2.45, 2.75) is 33.1 Å². The molecular formula is C18H28ClNO3. The number of halogens is 1. The molecule has 1 unspecified atom stereocenters. The van der Waals surface area contributed by atoms with E-state index in [1.54, 1.807) is 12.1 Å². The Morgan fingerprint density at radius 2 is 1.87 bits per heavy atom. The van der Waals surface area contributed by atoms with Gasteiger partial charge in [0.15, 0.2) is 0 Å². The van der Waals surface area contributed by atoms with Gasteiger partial charge in [-0.05, 0) is 56.6 Å². The van der Waals surface area contributed by atoms with Gasteiger partial charge in [-0.15, -0.1) is 12.4 Å². The first-order valence-electron chi connectivity index (χ1n) is 8.31. The van der Waals surface area contributed by atoms with Crippen molar-refractivity contribution in [1.29, 1.82) is 0 Å². The van der Waals surface area contributed by atoms with Crippen molar-refractivity contribution in [3.8, 4) is 5.75 Å². The van der Waals surface area contributed by atoms with Gasteiger partial charge in [-0.2, -0.15) is 0 Å². The first kappa shape index (κ1) is 19.8. The van der Waals surface area contributed by atoms with Crippen molar-refractivity contribution in [3.05, 3.63) is 29.8 Å². The van der Waals surface area contributed by atoms with Crippen molar-refractivity contribution < 1.29 is 14.3 Å². The molecule has 1 aliphatic rings. The molecule has 1 aromatic carbocycles. The smallest absolute Gasteiger partial charge is 0.338 e. The lowest BCUT2D eigenvalue weighted by Crippen LogP contribution is -2.28. The van der Waals surface area contributed by atoms with Gasteiger partial charge in [0.25, 0.3) is 0 Å². The maximum atomic E-state index is 12.0. The molecule has 1 saturated heterocycles. The third-order valence-corrected chi connectivity index (χ3v) is 3.83. The molecule has 130 valence electrons. The Bertz CT molecular complexity index is 458. The van der Waals surface area contributed by atoms with Gasteiger partial charge in [-0.25, -0.2) is 4.79 Å². The van der Waals surface area contributed by atoms with Gasteiger partial charge in [0.2, 0.25) is 0 Å². The number of hydrogen-bond donors (Lipinski definition) is 0. The van der Waals surface area contributed by atoms with E-state index in [-0.39, 0.29) is 18.4 Å². The molecular weight excluding hydrogens is 314 g/mol. The minimum atomic E-state index is -0.254. The summed E-state index contributed by atoms with van der Waals surface area (Å²) in [4.78, 5) is 14.5. The van der Waals surface area contributed by atoms with Gasteiger partial charge in [0, 0.05) is 12.5 Å².